The van der Waals surface area contributed by atoms with Gasteiger partial charge in [0.1, 0.15) is 5.82 Å². The Balaban J connectivity index is 1.99. The highest BCUT2D eigenvalue weighted by Gasteiger charge is 2.29. The van der Waals surface area contributed by atoms with E-state index in [4.69, 9.17) is 16.3 Å². The molecule has 0 atom stereocenters. The highest BCUT2D eigenvalue weighted by molar-refractivity contribution is 6.30. The number of benzene rings is 2. The van der Waals surface area contributed by atoms with Crippen LogP contribution < -0.4 is 0 Å². The van der Waals surface area contributed by atoms with Gasteiger partial charge in [-0.2, -0.15) is 5.10 Å². The monoisotopic (exact) mass is 356 g/mol. The number of carbonyl (C=O) groups is 1. The Bertz CT molecular complexity index is 980. The van der Waals surface area contributed by atoms with Gasteiger partial charge in [-0.15, -0.1) is 0 Å². The number of aromatic nitrogens is 2. The number of carbonyl (C=O) groups excluding carboxylic acids is 1. The van der Waals surface area contributed by atoms with E-state index < -0.39 is 5.97 Å². The van der Waals surface area contributed by atoms with Crippen LogP contribution in [0.5, 0.6) is 0 Å². The van der Waals surface area contributed by atoms with E-state index in [1.54, 1.807) is 16.8 Å². The molecule has 126 valence electrons. The molecule has 0 saturated carbocycles. The summed E-state index contributed by atoms with van der Waals surface area (Å²) < 4.78 is 19.8. The summed E-state index contributed by atoms with van der Waals surface area (Å²) in [5.74, 6) is -0.806. The summed E-state index contributed by atoms with van der Waals surface area (Å²) in [4.78, 5) is 12.2. The zero-order chi connectivity index (χ0) is 17.6. The van der Waals surface area contributed by atoms with E-state index in [1.807, 2.05) is 18.2 Å². The summed E-state index contributed by atoms with van der Waals surface area (Å²) in [5, 5.41) is 5.14. The van der Waals surface area contributed by atoms with Crippen molar-refractivity contribution in [1.82, 2.24) is 9.78 Å². The molecule has 3 aromatic rings. The topological polar surface area (TPSA) is 44.1 Å². The number of esters is 1. The van der Waals surface area contributed by atoms with Crippen LogP contribution in [-0.2, 0) is 17.6 Å². The van der Waals surface area contributed by atoms with Gasteiger partial charge in [0.15, 0.2) is 5.69 Å². The van der Waals surface area contributed by atoms with Gasteiger partial charge in [-0.1, -0.05) is 17.7 Å². The van der Waals surface area contributed by atoms with E-state index >= 15 is 0 Å². The van der Waals surface area contributed by atoms with Crippen LogP contribution in [0, 0.1) is 5.82 Å². The van der Waals surface area contributed by atoms with Gasteiger partial charge in [0.2, 0.25) is 0 Å². The average Bonchev–Trinajstić information content (AvgIpc) is 3.01. The highest BCUT2D eigenvalue weighted by atomic mass is 35.5. The largest absolute Gasteiger partial charge is 0.464 e. The molecule has 0 fully saturated rings. The number of halogens is 2. The number of methoxy groups -OCH3 is 1. The fourth-order valence-electron chi connectivity index (χ4n) is 3.25. The Morgan fingerprint density at radius 1 is 1.20 bits per heavy atom. The van der Waals surface area contributed by atoms with Crippen molar-refractivity contribution in [3.05, 3.63) is 70.1 Å². The zero-order valence-electron chi connectivity index (χ0n) is 13.4. The van der Waals surface area contributed by atoms with Crippen LogP contribution in [0.2, 0.25) is 5.02 Å². The molecule has 0 aliphatic heterocycles. The molecule has 0 N–H and O–H groups in total. The van der Waals surface area contributed by atoms with E-state index in [-0.39, 0.29) is 5.82 Å². The minimum Gasteiger partial charge on any atom is -0.464 e. The third-order valence-electron chi connectivity index (χ3n) is 4.40. The first-order chi connectivity index (χ1) is 12.1. The molecule has 0 bridgehead atoms. The van der Waals surface area contributed by atoms with Crippen LogP contribution in [0.15, 0.2) is 42.5 Å². The first kappa shape index (κ1) is 15.8. The van der Waals surface area contributed by atoms with Gasteiger partial charge >= 0.3 is 5.97 Å². The van der Waals surface area contributed by atoms with Crippen molar-refractivity contribution in [2.24, 2.45) is 0 Å². The second kappa shape index (κ2) is 6.01. The third kappa shape index (κ3) is 2.61. The Hall–Kier alpha value is -2.66. The standard InChI is InChI=1S/C19H14ClFN2O2/c1-25-19(24)17-16-8-2-11-10-12(20)3-9-15(11)18(16)23(22-17)14-6-4-13(21)5-7-14/h3-7,9-10H,2,8H2,1H3. The summed E-state index contributed by atoms with van der Waals surface area (Å²) in [6.07, 6.45) is 1.43. The maximum absolute atomic E-state index is 13.3. The van der Waals surface area contributed by atoms with Crippen LogP contribution in [0.3, 0.4) is 0 Å². The molecule has 1 aliphatic rings. The average molecular weight is 357 g/mol. The molecular formula is C19H14ClFN2O2. The van der Waals surface area contributed by atoms with Crippen molar-refractivity contribution < 1.29 is 13.9 Å². The summed E-state index contributed by atoms with van der Waals surface area (Å²) in [6.45, 7) is 0. The maximum atomic E-state index is 13.3. The minimum absolute atomic E-state index is 0.294. The smallest absolute Gasteiger partial charge is 0.358 e. The number of hydrogen-bond donors (Lipinski definition) is 0. The van der Waals surface area contributed by atoms with Gasteiger partial charge in [0.05, 0.1) is 18.5 Å². The van der Waals surface area contributed by atoms with E-state index in [0.29, 0.717) is 22.8 Å². The van der Waals surface area contributed by atoms with E-state index in [1.165, 1.54) is 19.2 Å². The Labute approximate surface area is 148 Å². The Morgan fingerprint density at radius 3 is 2.68 bits per heavy atom. The lowest BCUT2D eigenvalue weighted by Crippen LogP contribution is -2.09. The first-order valence-corrected chi connectivity index (χ1v) is 8.21. The molecule has 0 saturated heterocycles. The van der Waals surface area contributed by atoms with E-state index in [0.717, 1.165) is 28.8 Å². The SMILES string of the molecule is COC(=O)c1nn(-c2ccc(F)cc2)c2c1CCc1cc(Cl)ccc1-2. The van der Waals surface area contributed by atoms with E-state index in [2.05, 4.69) is 5.10 Å². The molecule has 4 rings (SSSR count). The van der Waals surface area contributed by atoms with Crippen LogP contribution in [0.4, 0.5) is 4.39 Å². The Kier molecular flexibility index (Phi) is 3.81. The van der Waals surface area contributed by atoms with Gasteiger partial charge in [-0.25, -0.2) is 13.9 Å². The molecule has 0 amide bonds. The molecular weight excluding hydrogens is 343 g/mol. The molecule has 6 heteroatoms. The molecule has 2 aromatic carbocycles. The number of hydrogen-bond acceptors (Lipinski definition) is 3. The molecule has 25 heavy (non-hydrogen) atoms. The molecule has 1 aromatic heterocycles. The predicted octanol–water partition coefficient (Wildman–Crippen LogP) is 4.22. The third-order valence-corrected chi connectivity index (χ3v) is 4.64. The molecule has 1 aliphatic carbocycles. The summed E-state index contributed by atoms with van der Waals surface area (Å²) in [7, 11) is 1.34. The highest BCUT2D eigenvalue weighted by Crippen LogP contribution is 2.38. The van der Waals surface area contributed by atoms with Crippen molar-refractivity contribution in [2.75, 3.05) is 7.11 Å². The Morgan fingerprint density at radius 2 is 1.96 bits per heavy atom. The fourth-order valence-corrected chi connectivity index (χ4v) is 3.45. The lowest BCUT2D eigenvalue weighted by atomic mass is 9.89. The lowest BCUT2D eigenvalue weighted by molar-refractivity contribution is 0.0592. The number of ether oxygens (including phenoxy) is 1. The summed E-state index contributed by atoms with van der Waals surface area (Å²) in [5.41, 5.74) is 4.70. The van der Waals surface area contributed by atoms with Gasteiger partial charge in [-0.3, -0.25) is 0 Å². The minimum atomic E-state index is -0.477. The van der Waals surface area contributed by atoms with E-state index in [9.17, 15) is 9.18 Å². The number of rotatable bonds is 2. The number of fused-ring (bicyclic) bond motifs is 3. The van der Waals surface area contributed by atoms with Gasteiger partial charge in [0.25, 0.3) is 0 Å². The second-order valence-corrected chi connectivity index (χ2v) is 6.29. The van der Waals surface area contributed by atoms with Gasteiger partial charge < -0.3 is 4.74 Å². The van der Waals surface area contributed by atoms with Crippen LogP contribution in [0.1, 0.15) is 21.6 Å². The quantitative estimate of drug-likeness (QED) is 0.646. The normalized spacial score (nSPS) is 12.4. The van der Waals surface area contributed by atoms with Gasteiger partial charge in [-0.05, 0) is 54.8 Å². The van der Waals surface area contributed by atoms with Crippen LogP contribution in [0.25, 0.3) is 16.9 Å². The first-order valence-electron chi connectivity index (χ1n) is 7.83. The second-order valence-electron chi connectivity index (χ2n) is 5.86. The van der Waals surface area contributed by atoms with Crippen molar-refractivity contribution in [3.63, 3.8) is 0 Å². The lowest BCUT2D eigenvalue weighted by Gasteiger charge is -2.19. The molecule has 0 spiro atoms. The van der Waals surface area contributed by atoms with Crippen LogP contribution in [-0.4, -0.2) is 22.9 Å². The molecule has 0 radical (unpaired) electrons. The summed E-state index contributed by atoms with van der Waals surface area (Å²) >= 11 is 6.12. The predicted molar refractivity (Wildman–Crippen MR) is 92.7 cm³/mol. The summed E-state index contributed by atoms with van der Waals surface area (Å²) in [6, 6.07) is 11.7. The number of aryl methyl sites for hydroxylation is 1. The molecule has 4 nitrogen and oxygen atoms in total. The van der Waals surface area contributed by atoms with Crippen molar-refractivity contribution in [2.45, 2.75) is 12.8 Å². The molecule has 1 heterocycles. The fraction of sp³-hybridized carbons (Fsp3) is 0.158. The van der Waals surface area contributed by atoms with Crippen molar-refractivity contribution in [3.8, 4) is 16.9 Å². The number of nitrogens with zero attached hydrogens (tertiary/aromatic N) is 2. The van der Waals surface area contributed by atoms with Gasteiger partial charge in [0, 0.05) is 16.1 Å². The van der Waals surface area contributed by atoms with Crippen molar-refractivity contribution in [1.29, 1.82) is 0 Å². The zero-order valence-corrected chi connectivity index (χ0v) is 14.2. The van der Waals surface area contributed by atoms with Crippen LogP contribution >= 0.6 is 11.6 Å². The molecule has 0 unspecified atom stereocenters. The van der Waals surface area contributed by atoms with Crippen molar-refractivity contribution >= 4 is 17.6 Å². The maximum Gasteiger partial charge on any atom is 0.358 e.